The van der Waals surface area contributed by atoms with E-state index in [9.17, 15) is 4.39 Å². The Kier molecular flexibility index (Phi) is 7.13. The molecule has 5 heteroatoms. The number of nitrogens with zero attached hydrogens (tertiary/aromatic N) is 2. The maximum absolute atomic E-state index is 13.3. The predicted molar refractivity (Wildman–Crippen MR) is 110 cm³/mol. The molecule has 4 nitrogen and oxygen atoms in total. The fourth-order valence-corrected chi connectivity index (χ4v) is 4.59. The van der Waals surface area contributed by atoms with Crippen molar-refractivity contribution in [2.75, 3.05) is 13.2 Å². The van der Waals surface area contributed by atoms with Crippen molar-refractivity contribution in [1.82, 2.24) is 15.3 Å². The molecule has 152 valence electrons. The van der Waals surface area contributed by atoms with Gasteiger partial charge in [0.2, 0.25) is 0 Å². The average molecular weight is 386 g/mol. The zero-order valence-corrected chi connectivity index (χ0v) is 17.1. The highest BCUT2D eigenvalue weighted by atomic mass is 19.1. The summed E-state index contributed by atoms with van der Waals surface area (Å²) in [6.45, 7) is 6.58. The number of nitrogens with one attached hydrogen (secondary N) is 1. The van der Waals surface area contributed by atoms with Gasteiger partial charge in [-0.25, -0.2) is 4.39 Å². The minimum Gasteiger partial charge on any atom is -0.375 e. The molecular weight excluding hydrogens is 353 g/mol. The molecule has 0 aliphatic heterocycles. The molecule has 2 aromatic heterocycles. The maximum Gasteiger partial charge on any atom is 0.141 e. The second-order valence-corrected chi connectivity index (χ2v) is 8.21. The monoisotopic (exact) mass is 385 g/mol. The molecule has 0 spiro atoms. The number of aromatic nitrogens is 2. The summed E-state index contributed by atoms with van der Waals surface area (Å²) in [5.74, 6) is -0.294. The third-order valence-electron chi connectivity index (χ3n) is 5.91. The molecule has 3 rings (SSSR count). The molecule has 1 unspecified atom stereocenters. The number of halogens is 1. The highest BCUT2D eigenvalue weighted by Crippen LogP contribution is 2.44. The van der Waals surface area contributed by atoms with Crippen molar-refractivity contribution in [3.05, 3.63) is 59.9 Å². The van der Waals surface area contributed by atoms with Crippen LogP contribution < -0.4 is 5.32 Å². The van der Waals surface area contributed by atoms with Crippen molar-refractivity contribution in [2.24, 2.45) is 0 Å². The van der Waals surface area contributed by atoms with Crippen molar-refractivity contribution in [3.8, 4) is 0 Å². The summed E-state index contributed by atoms with van der Waals surface area (Å²) in [5, 5.41) is 3.45. The van der Waals surface area contributed by atoms with Gasteiger partial charge in [0.05, 0.1) is 11.8 Å². The Hall–Kier alpha value is -1.85. The summed E-state index contributed by atoms with van der Waals surface area (Å²) in [7, 11) is 0. The van der Waals surface area contributed by atoms with Crippen LogP contribution in [0.5, 0.6) is 0 Å². The molecule has 0 radical (unpaired) electrons. The average Bonchev–Trinajstić information content (AvgIpc) is 3.14. The maximum atomic E-state index is 13.3. The molecule has 1 atom stereocenters. The third-order valence-corrected chi connectivity index (χ3v) is 5.91. The van der Waals surface area contributed by atoms with Crippen molar-refractivity contribution in [1.29, 1.82) is 0 Å². The molecule has 28 heavy (non-hydrogen) atoms. The van der Waals surface area contributed by atoms with E-state index in [0.29, 0.717) is 6.54 Å². The number of pyridine rings is 2. The molecular formula is C23H32FN3O. The Bertz CT molecular complexity index is 734. The third kappa shape index (κ3) is 5.36. The summed E-state index contributed by atoms with van der Waals surface area (Å²) in [4.78, 5) is 8.61. The van der Waals surface area contributed by atoms with Crippen molar-refractivity contribution < 1.29 is 9.13 Å². The summed E-state index contributed by atoms with van der Waals surface area (Å²) in [5.41, 5.74) is 1.87. The first-order valence-corrected chi connectivity index (χ1v) is 10.4. The lowest BCUT2D eigenvalue weighted by Crippen LogP contribution is -2.40. The van der Waals surface area contributed by atoms with E-state index >= 15 is 0 Å². The zero-order chi connectivity index (χ0) is 19.9. The molecule has 1 saturated carbocycles. The van der Waals surface area contributed by atoms with Gasteiger partial charge < -0.3 is 10.1 Å². The lowest BCUT2D eigenvalue weighted by Gasteiger charge is -2.39. The fourth-order valence-electron chi connectivity index (χ4n) is 4.59. The topological polar surface area (TPSA) is 47.0 Å². The lowest BCUT2D eigenvalue weighted by atomic mass is 9.73. The number of hydrogen-bond acceptors (Lipinski definition) is 4. The van der Waals surface area contributed by atoms with Crippen molar-refractivity contribution in [3.63, 3.8) is 0 Å². The molecule has 1 aliphatic carbocycles. The van der Waals surface area contributed by atoms with E-state index < -0.39 is 0 Å². The van der Waals surface area contributed by atoms with Gasteiger partial charge in [-0.05, 0) is 62.9 Å². The molecule has 2 heterocycles. The van der Waals surface area contributed by atoms with Gasteiger partial charge >= 0.3 is 0 Å². The van der Waals surface area contributed by atoms with Crippen LogP contribution in [0.3, 0.4) is 0 Å². The molecule has 1 fully saturated rings. The highest BCUT2D eigenvalue weighted by Gasteiger charge is 2.42. The van der Waals surface area contributed by atoms with Crippen LogP contribution in [0, 0.1) is 5.82 Å². The Labute approximate surface area is 167 Å². The van der Waals surface area contributed by atoms with Crippen LogP contribution in [0.1, 0.15) is 63.6 Å². The molecule has 0 amide bonds. The van der Waals surface area contributed by atoms with E-state index in [2.05, 4.69) is 41.3 Å². The Morgan fingerprint density at radius 3 is 2.75 bits per heavy atom. The quantitative estimate of drug-likeness (QED) is 0.597. The minimum absolute atomic E-state index is 0.0342. The highest BCUT2D eigenvalue weighted by molar-refractivity contribution is 5.18. The summed E-state index contributed by atoms with van der Waals surface area (Å²) in [6.07, 6.45) is 11.5. The summed E-state index contributed by atoms with van der Waals surface area (Å²) >= 11 is 0. The minimum atomic E-state index is -0.294. The Morgan fingerprint density at radius 2 is 2.07 bits per heavy atom. The van der Waals surface area contributed by atoms with Crippen LogP contribution in [0.4, 0.5) is 4.39 Å². The van der Waals surface area contributed by atoms with Crippen LogP contribution in [-0.2, 0) is 16.7 Å². The smallest absolute Gasteiger partial charge is 0.141 e. The van der Waals surface area contributed by atoms with Gasteiger partial charge in [0.25, 0.3) is 0 Å². The predicted octanol–water partition coefficient (Wildman–Crippen LogP) is 4.79. The molecule has 1 N–H and O–H groups in total. The van der Waals surface area contributed by atoms with E-state index in [0.717, 1.165) is 50.1 Å². The number of rotatable bonds is 10. The second kappa shape index (κ2) is 9.57. The van der Waals surface area contributed by atoms with Gasteiger partial charge in [0, 0.05) is 36.7 Å². The summed E-state index contributed by atoms with van der Waals surface area (Å²) in [6, 6.07) is 7.69. The summed E-state index contributed by atoms with van der Waals surface area (Å²) < 4.78 is 19.6. The first-order valence-electron chi connectivity index (χ1n) is 10.4. The molecule has 0 bridgehead atoms. The van der Waals surface area contributed by atoms with E-state index in [4.69, 9.17) is 4.74 Å². The molecule has 0 aromatic carbocycles. The van der Waals surface area contributed by atoms with Gasteiger partial charge in [0.15, 0.2) is 0 Å². The first-order chi connectivity index (χ1) is 13.6. The van der Waals surface area contributed by atoms with Crippen molar-refractivity contribution in [2.45, 2.75) is 69.9 Å². The standard InChI is InChI=1S/C23H32FN3O/c1-3-28-23(9-5-6-10-23)18-22(2,21-8-4-7-12-27-21)11-13-25-15-19-14-20(24)17-26-16-19/h4,7-8,12,14,16-17,25H,3,5-6,9-11,13,15,18H2,1-2H3. The van der Waals surface area contributed by atoms with Crippen LogP contribution in [-0.4, -0.2) is 28.7 Å². The SMILES string of the molecule is CCOC1(CC(C)(CCNCc2cncc(F)c2)c2ccccn2)CCCC1. The van der Waals surface area contributed by atoms with Crippen LogP contribution in [0.15, 0.2) is 42.9 Å². The lowest BCUT2D eigenvalue weighted by molar-refractivity contribution is -0.0552. The molecule has 0 saturated heterocycles. The normalized spacial score (nSPS) is 18.1. The first kappa shape index (κ1) is 20.9. The van der Waals surface area contributed by atoms with Gasteiger partial charge in [-0.1, -0.05) is 25.8 Å². The fraction of sp³-hybridized carbons (Fsp3) is 0.565. The Morgan fingerprint density at radius 1 is 1.25 bits per heavy atom. The van der Waals surface area contributed by atoms with E-state index in [1.807, 2.05) is 12.3 Å². The largest absolute Gasteiger partial charge is 0.375 e. The number of hydrogen-bond donors (Lipinski definition) is 1. The van der Waals surface area contributed by atoms with Crippen LogP contribution in [0.25, 0.3) is 0 Å². The molecule has 2 aromatic rings. The molecule has 1 aliphatic rings. The van der Waals surface area contributed by atoms with Gasteiger partial charge in [-0.2, -0.15) is 0 Å². The zero-order valence-electron chi connectivity index (χ0n) is 17.1. The van der Waals surface area contributed by atoms with Crippen LogP contribution >= 0.6 is 0 Å². The number of ether oxygens (including phenoxy) is 1. The van der Waals surface area contributed by atoms with Crippen molar-refractivity contribution >= 4 is 0 Å². The van der Waals surface area contributed by atoms with E-state index in [1.165, 1.54) is 25.1 Å². The van der Waals surface area contributed by atoms with Crippen LogP contribution in [0.2, 0.25) is 0 Å². The van der Waals surface area contributed by atoms with Gasteiger partial charge in [0.1, 0.15) is 5.82 Å². The van der Waals surface area contributed by atoms with E-state index in [-0.39, 0.29) is 16.8 Å². The van der Waals surface area contributed by atoms with E-state index in [1.54, 1.807) is 6.20 Å². The van der Waals surface area contributed by atoms with Gasteiger partial charge in [-0.15, -0.1) is 0 Å². The second-order valence-electron chi connectivity index (χ2n) is 8.21. The van der Waals surface area contributed by atoms with Gasteiger partial charge in [-0.3, -0.25) is 9.97 Å². The Balaban J connectivity index is 1.68.